The number of carbonyl (C=O) groups is 1. The minimum atomic E-state index is -0.00754. The van der Waals surface area contributed by atoms with E-state index in [1.165, 1.54) is 0 Å². The molecule has 1 heterocycles. The van der Waals surface area contributed by atoms with Gasteiger partial charge in [-0.05, 0) is 45.8 Å². The Morgan fingerprint density at radius 2 is 2.14 bits per heavy atom. The summed E-state index contributed by atoms with van der Waals surface area (Å²) < 4.78 is 6.15. The highest BCUT2D eigenvalue weighted by Crippen LogP contribution is 2.35. The minimum Gasteiger partial charge on any atom is -0.495 e. The number of rotatable bonds is 3. The Morgan fingerprint density at radius 3 is 2.90 bits per heavy atom. The van der Waals surface area contributed by atoms with Crippen molar-refractivity contribution in [3.8, 4) is 5.75 Å². The molecule has 0 fully saturated rings. The van der Waals surface area contributed by atoms with Gasteiger partial charge in [-0.1, -0.05) is 0 Å². The molecule has 0 atom stereocenters. The maximum Gasteiger partial charge on any atom is 0.228 e. The average Bonchev–Trinajstić information content (AvgIpc) is 2.80. The lowest BCUT2D eigenvalue weighted by atomic mass is 10.1. The van der Waals surface area contributed by atoms with Gasteiger partial charge in [-0.25, -0.2) is 0 Å². The van der Waals surface area contributed by atoms with Crippen molar-refractivity contribution in [1.29, 1.82) is 0 Å². The Kier molecular flexibility index (Phi) is 3.47. The molecule has 0 aliphatic carbocycles. The van der Waals surface area contributed by atoms with Crippen LogP contribution in [-0.2, 0) is 11.2 Å². The fourth-order valence-electron chi connectivity index (χ4n) is 2.29. The number of amides is 1. The van der Waals surface area contributed by atoms with E-state index in [9.17, 15) is 4.79 Å². The molecule has 1 amide bonds. The summed E-state index contributed by atoms with van der Waals surface area (Å²) in [4.78, 5) is 11.4. The van der Waals surface area contributed by atoms with Gasteiger partial charge in [0.2, 0.25) is 5.91 Å². The fraction of sp³-hybridized carbons (Fsp3) is 0.133. The smallest absolute Gasteiger partial charge is 0.228 e. The molecule has 2 aromatic carbocycles. The van der Waals surface area contributed by atoms with Crippen LogP contribution in [0.2, 0.25) is 0 Å². The molecular formula is C15H14BrN3O2. The number of benzene rings is 2. The molecule has 0 saturated carbocycles. The van der Waals surface area contributed by atoms with Gasteiger partial charge in [0.05, 0.1) is 29.4 Å². The van der Waals surface area contributed by atoms with Crippen LogP contribution >= 0.6 is 15.9 Å². The van der Waals surface area contributed by atoms with E-state index in [2.05, 4.69) is 26.6 Å². The van der Waals surface area contributed by atoms with Gasteiger partial charge in [0.1, 0.15) is 5.75 Å². The van der Waals surface area contributed by atoms with Gasteiger partial charge in [-0.15, -0.1) is 0 Å². The molecule has 0 saturated heterocycles. The lowest BCUT2D eigenvalue weighted by molar-refractivity contribution is -0.115. The fourth-order valence-corrected chi connectivity index (χ4v) is 2.70. The number of methoxy groups -OCH3 is 1. The van der Waals surface area contributed by atoms with Crippen LogP contribution in [-0.4, -0.2) is 13.0 Å². The van der Waals surface area contributed by atoms with E-state index in [0.717, 1.165) is 32.8 Å². The Balaban J connectivity index is 1.92. The minimum absolute atomic E-state index is 0.00754. The highest BCUT2D eigenvalue weighted by Gasteiger charge is 2.19. The number of nitrogen functional groups attached to an aromatic ring is 1. The van der Waals surface area contributed by atoms with Crippen molar-refractivity contribution in [3.05, 3.63) is 40.4 Å². The van der Waals surface area contributed by atoms with Gasteiger partial charge in [0, 0.05) is 17.4 Å². The van der Waals surface area contributed by atoms with Crippen LogP contribution in [0, 0.1) is 0 Å². The summed E-state index contributed by atoms with van der Waals surface area (Å²) in [6.07, 6.45) is 0.381. The lowest BCUT2D eigenvalue weighted by Gasteiger charge is -2.13. The van der Waals surface area contributed by atoms with Crippen LogP contribution < -0.4 is 21.1 Å². The Bertz CT molecular complexity index is 731. The first-order chi connectivity index (χ1) is 10.1. The molecule has 6 heteroatoms. The van der Waals surface area contributed by atoms with E-state index in [4.69, 9.17) is 10.5 Å². The van der Waals surface area contributed by atoms with Crippen molar-refractivity contribution in [2.24, 2.45) is 0 Å². The monoisotopic (exact) mass is 347 g/mol. The first kappa shape index (κ1) is 13.8. The molecule has 5 nitrogen and oxygen atoms in total. The predicted molar refractivity (Wildman–Crippen MR) is 87.2 cm³/mol. The number of hydrogen-bond acceptors (Lipinski definition) is 4. The van der Waals surface area contributed by atoms with Gasteiger partial charge in [0.25, 0.3) is 0 Å². The average molecular weight is 348 g/mol. The van der Waals surface area contributed by atoms with Crippen LogP contribution in [0.5, 0.6) is 5.75 Å². The summed E-state index contributed by atoms with van der Waals surface area (Å²) in [5, 5.41) is 6.06. The van der Waals surface area contributed by atoms with E-state index in [0.29, 0.717) is 12.1 Å². The van der Waals surface area contributed by atoms with Gasteiger partial charge < -0.3 is 21.1 Å². The molecule has 21 heavy (non-hydrogen) atoms. The number of nitrogens with one attached hydrogen (secondary N) is 2. The van der Waals surface area contributed by atoms with Crippen molar-refractivity contribution in [1.82, 2.24) is 0 Å². The third-order valence-corrected chi connectivity index (χ3v) is 3.99. The largest absolute Gasteiger partial charge is 0.495 e. The molecule has 2 aromatic rings. The Morgan fingerprint density at radius 1 is 1.33 bits per heavy atom. The molecule has 4 N–H and O–H groups in total. The Hall–Kier alpha value is -2.21. The van der Waals surface area contributed by atoms with E-state index in [-0.39, 0.29) is 5.91 Å². The van der Waals surface area contributed by atoms with Crippen molar-refractivity contribution in [2.75, 3.05) is 23.5 Å². The highest BCUT2D eigenvalue weighted by molar-refractivity contribution is 9.10. The first-order valence-electron chi connectivity index (χ1n) is 6.39. The van der Waals surface area contributed by atoms with Crippen molar-refractivity contribution in [2.45, 2.75) is 6.42 Å². The molecule has 3 rings (SSSR count). The number of nitrogens with two attached hydrogens (primary N) is 1. The molecule has 1 aliphatic rings. The van der Waals surface area contributed by atoms with E-state index >= 15 is 0 Å². The normalized spacial score (nSPS) is 12.8. The van der Waals surface area contributed by atoms with Crippen LogP contribution in [0.4, 0.5) is 22.7 Å². The standard InChI is InChI=1S/C15H14BrN3O2/c1-21-14-6-9(2-3-10(14)16)18-13-7-12-8(4-11(13)17)5-15(20)19-12/h2-4,6-7,18H,5,17H2,1H3,(H,19,20). The maximum atomic E-state index is 11.4. The number of fused-ring (bicyclic) bond motifs is 1. The summed E-state index contributed by atoms with van der Waals surface area (Å²) in [5.74, 6) is 0.722. The number of anilines is 4. The van der Waals surface area contributed by atoms with E-state index < -0.39 is 0 Å². The summed E-state index contributed by atoms with van der Waals surface area (Å²) in [6.45, 7) is 0. The molecule has 0 bridgehead atoms. The number of ether oxygens (including phenoxy) is 1. The van der Waals surface area contributed by atoms with Crippen LogP contribution in [0.15, 0.2) is 34.8 Å². The molecule has 108 valence electrons. The van der Waals surface area contributed by atoms with Gasteiger partial charge in [-0.3, -0.25) is 4.79 Å². The molecule has 1 aliphatic heterocycles. The molecular weight excluding hydrogens is 334 g/mol. The highest BCUT2D eigenvalue weighted by atomic mass is 79.9. The quantitative estimate of drug-likeness (QED) is 0.744. The summed E-state index contributed by atoms with van der Waals surface area (Å²) in [6, 6.07) is 9.36. The lowest BCUT2D eigenvalue weighted by Crippen LogP contribution is -2.03. The van der Waals surface area contributed by atoms with Crippen molar-refractivity contribution in [3.63, 3.8) is 0 Å². The third-order valence-electron chi connectivity index (χ3n) is 3.33. The second-order valence-electron chi connectivity index (χ2n) is 4.80. The van der Waals surface area contributed by atoms with Crippen LogP contribution in [0.25, 0.3) is 0 Å². The van der Waals surface area contributed by atoms with Gasteiger partial charge in [0.15, 0.2) is 0 Å². The number of carbonyl (C=O) groups excluding carboxylic acids is 1. The summed E-state index contributed by atoms with van der Waals surface area (Å²) in [5.41, 5.74) is 9.99. The second-order valence-corrected chi connectivity index (χ2v) is 5.65. The third kappa shape index (κ3) is 2.67. The number of halogens is 1. The second kappa shape index (κ2) is 5.29. The molecule has 0 radical (unpaired) electrons. The first-order valence-corrected chi connectivity index (χ1v) is 7.19. The molecule has 0 aromatic heterocycles. The summed E-state index contributed by atoms with van der Waals surface area (Å²) >= 11 is 3.41. The predicted octanol–water partition coefficient (Wildman–Crippen LogP) is 3.28. The van der Waals surface area contributed by atoms with Gasteiger partial charge in [-0.2, -0.15) is 0 Å². The SMILES string of the molecule is COc1cc(Nc2cc3c(cc2N)CC(=O)N3)ccc1Br. The molecule has 0 unspecified atom stereocenters. The van der Waals surface area contributed by atoms with Gasteiger partial charge >= 0.3 is 0 Å². The Labute approximate surface area is 130 Å². The zero-order valence-corrected chi connectivity index (χ0v) is 13.0. The topological polar surface area (TPSA) is 76.4 Å². The maximum absolute atomic E-state index is 11.4. The van der Waals surface area contributed by atoms with Crippen LogP contribution in [0.3, 0.4) is 0 Å². The molecule has 0 spiro atoms. The van der Waals surface area contributed by atoms with E-state index in [1.807, 2.05) is 30.3 Å². The zero-order valence-electron chi connectivity index (χ0n) is 11.4. The van der Waals surface area contributed by atoms with Crippen LogP contribution in [0.1, 0.15) is 5.56 Å². The summed E-state index contributed by atoms with van der Waals surface area (Å²) in [7, 11) is 1.61. The zero-order chi connectivity index (χ0) is 15.0. The van der Waals surface area contributed by atoms with Crippen molar-refractivity contribution >= 4 is 44.6 Å². The van der Waals surface area contributed by atoms with Crippen molar-refractivity contribution < 1.29 is 9.53 Å². The number of hydrogen-bond donors (Lipinski definition) is 3. The van der Waals surface area contributed by atoms with E-state index in [1.54, 1.807) is 7.11 Å².